The molecule has 16 heavy (non-hydrogen) atoms. The fourth-order valence-electron chi connectivity index (χ4n) is 1.10. The molecule has 1 fully saturated rings. The molecule has 4 nitrogen and oxygen atoms in total. The minimum atomic E-state index is -0.318. The van der Waals surface area contributed by atoms with Gasteiger partial charge in [0.15, 0.2) is 0 Å². The average Bonchev–Trinajstić information content (AvgIpc) is 2.44. The first-order valence-corrected chi connectivity index (χ1v) is 5.36. The highest BCUT2D eigenvalue weighted by Crippen LogP contribution is 2.13. The highest BCUT2D eigenvalue weighted by Gasteiger charge is 2.28. The Morgan fingerprint density at radius 3 is 2.19 bits per heavy atom. The SMILES string of the molecule is C=C[C@H]1COC(C)(C)N1.CC(C)(C)OC=O. The Hall–Kier alpha value is -0.870. The molecule has 0 bridgehead atoms. The maximum Gasteiger partial charge on any atom is 0.293 e. The van der Waals surface area contributed by atoms with Gasteiger partial charge in [-0.05, 0) is 34.6 Å². The van der Waals surface area contributed by atoms with Gasteiger partial charge in [-0.15, -0.1) is 6.58 Å². The predicted molar refractivity (Wildman–Crippen MR) is 64.1 cm³/mol. The zero-order valence-corrected chi connectivity index (χ0v) is 10.9. The standard InChI is InChI=1S/C7H13NO.C5H10O2/c1-4-6-5-9-7(2,3)8-6;1-5(2,3)7-4-6/h4,6,8H,1,5H2,2-3H3;4H,1-3H3/t6-;/m0./s1. The van der Waals surface area contributed by atoms with Crippen molar-refractivity contribution in [2.75, 3.05) is 6.61 Å². The topological polar surface area (TPSA) is 47.6 Å². The van der Waals surface area contributed by atoms with Gasteiger partial charge in [0.2, 0.25) is 0 Å². The second-order valence-corrected chi connectivity index (χ2v) is 5.13. The lowest BCUT2D eigenvalue weighted by molar-refractivity contribution is -0.138. The molecule has 0 aromatic carbocycles. The van der Waals surface area contributed by atoms with Crippen LogP contribution in [0.4, 0.5) is 0 Å². The van der Waals surface area contributed by atoms with Crippen molar-refractivity contribution in [3.05, 3.63) is 12.7 Å². The lowest BCUT2D eigenvalue weighted by Crippen LogP contribution is -2.37. The van der Waals surface area contributed by atoms with Gasteiger partial charge in [0.1, 0.15) is 11.3 Å². The van der Waals surface area contributed by atoms with Crippen molar-refractivity contribution >= 4 is 6.47 Å². The van der Waals surface area contributed by atoms with E-state index in [0.717, 1.165) is 6.61 Å². The summed E-state index contributed by atoms with van der Waals surface area (Å²) in [5.74, 6) is 0. The Balaban J connectivity index is 0.000000293. The third-order valence-electron chi connectivity index (χ3n) is 1.84. The Morgan fingerprint density at radius 1 is 1.50 bits per heavy atom. The van der Waals surface area contributed by atoms with Crippen LogP contribution >= 0.6 is 0 Å². The third-order valence-corrected chi connectivity index (χ3v) is 1.84. The highest BCUT2D eigenvalue weighted by atomic mass is 16.5. The van der Waals surface area contributed by atoms with Crippen LogP contribution < -0.4 is 5.32 Å². The van der Waals surface area contributed by atoms with Gasteiger partial charge < -0.3 is 9.47 Å². The molecule has 0 spiro atoms. The van der Waals surface area contributed by atoms with Crippen molar-refractivity contribution < 1.29 is 14.3 Å². The molecule has 1 rings (SSSR count). The molecule has 1 aliphatic heterocycles. The number of hydrogen-bond acceptors (Lipinski definition) is 4. The van der Waals surface area contributed by atoms with Crippen LogP contribution in [0.5, 0.6) is 0 Å². The van der Waals surface area contributed by atoms with Crippen molar-refractivity contribution in [1.82, 2.24) is 5.32 Å². The van der Waals surface area contributed by atoms with E-state index in [1.165, 1.54) is 0 Å². The Kier molecular flexibility index (Phi) is 5.68. The van der Waals surface area contributed by atoms with Crippen LogP contribution in [-0.4, -0.2) is 30.4 Å². The van der Waals surface area contributed by atoms with E-state index in [1.54, 1.807) is 0 Å². The van der Waals surface area contributed by atoms with Gasteiger partial charge in [-0.1, -0.05) is 6.08 Å². The lowest BCUT2D eigenvalue weighted by atomic mass is 10.2. The summed E-state index contributed by atoms with van der Waals surface area (Å²) in [6, 6.07) is 0.333. The van der Waals surface area contributed by atoms with Gasteiger partial charge in [0.05, 0.1) is 12.6 Å². The zero-order chi connectivity index (χ0) is 12.8. The van der Waals surface area contributed by atoms with Crippen molar-refractivity contribution in [2.45, 2.75) is 52.0 Å². The minimum Gasteiger partial charge on any atom is -0.462 e. The smallest absolute Gasteiger partial charge is 0.293 e. The van der Waals surface area contributed by atoms with E-state index < -0.39 is 0 Å². The number of nitrogens with one attached hydrogen (secondary N) is 1. The Bertz CT molecular complexity index is 231. The minimum absolute atomic E-state index is 0.154. The summed E-state index contributed by atoms with van der Waals surface area (Å²) in [5, 5.41) is 3.24. The first-order valence-electron chi connectivity index (χ1n) is 5.36. The van der Waals surface area contributed by atoms with Gasteiger partial charge in [-0.25, -0.2) is 0 Å². The van der Waals surface area contributed by atoms with Crippen molar-refractivity contribution in [1.29, 1.82) is 0 Å². The number of ether oxygens (including phenoxy) is 2. The molecular weight excluding hydrogens is 206 g/mol. The van der Waals surface area contributed by atoms with Crippen LogP contribution in [-0.2, 0) is 14.3 Å². The van der Waals surface area contributed by atoms with Crippen LogP contribution in [0.1, 0.15) is 34.6 Å². The lowest BCUT2D eigenvalue weighted by Gasteiger charge is -2.16. The van der Waals surface area contributed by atoms with Crippen LogP contribution in [0.2, 0.25) is 0 Å². The quantitative estimate of drug-likeness (QED) is 0.580. The summed E-state index contributed by atoms with van der Waals surface area (Å²) in [7, 11) is 0. The van der Waals surface area contributed by atoms with Crippen molar-refractivity contribution in [3.63, 3.8) is 0 Å². The summed E-state index contributed by atoms with van der Waals surface area (Å²) in [6.45, 7) is 14.4. The van der Waals surface area contributed by atoms with Crippen LogP contribution in [0, 0.1) is 0 Å². The van der Waals surface area contributed by atoms with E-state index in [0.29, 0.717) is 12.5 Å². The fraction of sp³-hybridized carbons (Fsp3) is 0.750. The number of rotatable bonds is 2. The predicted octanol–water partition coefficient (Wildman–Crippen LogP) is 1.85. The maximum absolute atomic E-state index is 9.60. The van der Waals surface area contributed by atoms with Crippen molar-refractivity contribution in [3.8, 4) is 0 Å². The van der Waals surface area contributed by atoms with E-state index in [-0.39, 0.29) is 11.3 Å². The highest BCUT2D eigenvalue weighted by molar-refractivity contribution is 5.37. The molecule has 1 heterocycles. The second kappa shape index (κ2) is 6.01. The van der Waals surface area contributed by atoms with E-state index in [2.05, 4.69) is 16.6 Å². The number of hydrogen-bond donors (Lipinski definition) is 1. The third kappa shape index (κ3) is 7.43. The fourth-order valence-corrected chi connectivity index (χ4v) is 1.10. The average molecular weight is 229 g/mol. The molecule has 1 atom stereocenters. The maximum atomic E-state index is 9.60. The van der Waals surface area contributed by atoms with Gasteiger partial charge in [0.25, 0.3) is 6.47 Å². The van der Waals surface area contributed by atoms with Crippen LogP contribution in [0.3, 0.4) is 0 Å². The van der Waals surface area contributed by atoms with Crippen LogP contribution in [0.25, 0.3) is 0 Å². The molecule has 0 unspecified atom stereocenters. The summed E-state index contributed by atoms with van der Waals surface area (Å²) in [6.07, 6.45) is 1.87. The summed E-state index contributed by atoms with van der Waals surface area (Å²) in [5.41, 5.74) is -0.472. The van der Waals surface area contributed by atoms with Gasteiger partial charge in [0, 0.05) is 0 Å². The number of carbonyl (C=O) groups excluding carboxylic acids is 1. The summed E-state index contributed by atoms with van der Waals surface area (Å²) in [4.78, 5) is 9.60. The molecule has 0 aromatic heterocycles. The van der Waals surface area contributed by atoms with Gasteiger partial charge in [-0.2, -0.15) is 0 Å². The molecule has 1 aliphatic rings. The summed E-state index contributed by atoms with van der Waals surface area (Å²) >= 11 is 0. The molecule has 0 amide bonds. The molecule has 1 saturated heterocycles. The molecule has 94 valence electrons. The van der Waals surface area contributed by atoms with E-state index in [1.807, 2.05) is 40.7 Å². The van der Waals surface area contributed by atoms with E-state index in [4.69, 9.17) is 4.74 Å². The molecule has 0 radical (unpaired) electrons. The first kappa shape index (κ1) is 15.1. The first-order chi connectivity index (χ1) is 7.20. The second-order valence-electron chi connectivity index (χ2n) is 5.13. The molecule has 1 N–H and O–H groups in total. The summed E-state index contributed by atoms with van der Waals surface area (Å²) < 4.78 is 9.91. The van der Waals surface area contributed by atoms with E-state index >= 15 is 0 Å². The van der Waals surface area contributed by atoms with E-state index in [9.17, 15) is 4.79 Å². The van der Waals surface area contributed by atoms with Crippen molar-refractivity contribution in [2.24, 2.45) is 0 Å². The zero-order valence-electron chi connectivity index (χ0n) is 10.9. The van der Waals surface area contributed by atoms with Crippen LogP contribution in [0.15, 0.2) is 12.7 Å². The number of carbonyl (C=O) groups is 1. The Labute approximate surface area is 98.0 Å². The molecule has 0 aliphatic carbocycles. The van der Waals surface area contributed by atoms with Gasteiger partial charge in [-0.3, -0.25) is 10.1 Å². The molecular formula is C12H23NO3. The normalized spacial score (nSPS) is 22.9. The molecule has 0 aromatic rings. The monoisotopic (exact) mass is 229 g/mol. The largest absolute Gasteiger partial charge is 0.462 e. The molecule has 4 heteroatoms. The molecule has 0 saturated carbocycles. The van der Waals surface area contributed by atoms with Gasteiger partial charge >= 0.3 is 0 Å². The Morgan fingerprint density at radius 2 is 2.06 bits per heavy atom.